The summed E-state index contributed by atoms with van der Waals surface area (Å²) in [5.41, 5.74) is 2.03. The van der Waals surface area contributed by atoms with Crippen LogP contribution in [0.15, 0.2) is 58.3 Å². The van der Waals surface area contributed by atoms with Crippen molar-refractivity contribution in [2.45, 2.75) is 74.1 Å². The summed E-state index contributed by atoms with van der Waals surface area (Å²) in [6, 6.07) is 13.5. The first-order valence-corrected chi connectivity index (χ1v) is 21.0. The monoisotopic (exact) mass is 640 g/mol. The average molecular weight is 639 g/mol. The molecule has 0 aliphatic carbocycles. The van der Waals surface area contributed by atoms with Crippen LogP contribution in [-0.4, -0.2) is 55.2 Å². The normalized spacial score (nSPS) is 14.5. The van der Waals surface area contributed by atoms with E-state index < -0.39 is 20.0 Å². The number of hydrogen-bond acceptors (Lipinski definition) is 4. The van der Waals surface area contributed by atoms with Crippen LogP contribution in [0.25, 0.3) is 0 Å². The molecule has 10 heteroatoms. The SMILES string of the molecule is Cc1ccc(S(=O)(=O)N[C@H](C[Se][Se]C[C@@H](NS(=O)(=O)c2ccc(C)cc2)C(C)C)C(C)C)cc1. The summed E-state index contributed by atoms with van der Waals surface area (Å²) in [6.07, 6.45) is 0. The van der Waals surface area contributed by atoms with Gasteiger partial charge >= 0.3 is 218 Å². The van der Waals surface area contributed by atoms with Crippen molar-refractivity contribution < 1.29 is 16.8 Å². The van der Waals surface area contributed by atoms with E-state index >= 15 is 0 Å². The number of sulfonamides is 2. The summed E-state index contributed by atoms with van der Waals surface area (Å²) >= 11 is 0.473. The first kappa shape index (κ1) is 29.5. The van der Waals surface area contributed by atoms with E-state index in [9.17, 15) is 16.8 Å². The van der Waals surface area contributed by atoms with E-state index in [1.54, 1.807) is 48.5 Å². The Hall–Kier alpha value is -0.701. The molecule has 6 nitrogen and oxygen atoms in total. The molecule has 34 heavy (non-hydrogen) atoms. The van der Waals surface area contributed by atoms with Crippen molar-refractivity contribution in [3.63, 3.8) is 0 Å². The number of aryl methyl sites for hydroxylation is 2. The van der Waals surface area contributed by atoms with Crippen LogP contribution >= 0.6 is 0 Å². The summed E-state index contributed by atoms with van der Waals surface area (Å²) < 4.78 is 57.1. The zero-order chi connectivity index (χ0) is 25.5. The number of hydrogen-bond donors (Lipinski definition) is 2. The third-order valence-electron chi connectivity index (χ3n) is 5.46. The predicted molar refractivity (Wildman–Crippen MR) is 141 cm³/mol. The van der Waals surface area contributed by atoms with Gasteiger partial charge in [0.1, 0.15) is 0 Å². The van der Waals surface area contributed by atoms with Crippen LogP contribution in [-0.2, 0) is 20.0 Å². The van der Waals surface area contributed by atoms with E-state index in [1.807, 2.05) is 41.5 Å². The second-order valence-electron chi connectivity index (χ2n) is 9.14. The molecular formula is C24H36N2O4S2Se2. The molecular weight excluding hydrogens is 602 g/mol. The Morgan fingerprint density at radius 1 is 0.618 bits per heavy atom. The Morgan fingerprint density at radius 3 is 1.18 bits per heavy atom. The van der Waals surface area contributed by atoms with Gasteiger partial charge in [0, 0.05) is 0 Å². The topological polar surface area (TPSA) is 92.3 Å². The molecule has 2 aromatic rings. The van der Waals surface area contributed by atoms with Gasteiger partial charge in [-0.2, -0.15) is 0 Å². The second-order valence-corrected chi connectivity index (χ2v) is 20.1. The van der Waals surface area contributed by atoms with Gasteiger partial charge in [-0.15, -0.1) is 0 Å². The van der Waals surface area contributed by atoms with Gasteiger partial charge in [0.25, 0.3) is 0 Å². The quantitative estimate of drug-likeness (QED) is 0.258. The molecule has 0 bridgehead atoms. The van der Waals surface area contributed by atoms with Gasteiger partial charge in [0.15, 0.2) is 0 Å². The van der Waals surface area contributed by atoms with Gasteiger partial charge in [-0.05, 0) is 0 Å². The summed E-state index contributed by atoms with van der Waals surface area (Å²) in [4.78, 5) is 0.569. The van der Waals surface area contributed by atoms with Crippen molar-refractivity contribution in [2.75, 3.05) is 0 Å². The molecule has 2 atom stereocenters. The summed E-state index contributed by atoms with van der Waals surface area (Å²) in [6.45, 7) is 12.0. The molecule has 2 aromatic carbocycles. The fourth-order valence-electron chi connectivity index (χ4n) is 2.94. The van der Waals surface area contributed by atoms with Crippen molar-refractivity contribution in [3.05, 3.63) is 59.7 Å². The van der Waals surface area contributed by atoms with Gasteiger partial charge in [-0.3, -0.25) is 0 Å². The van der Waals surface area contributed by atoms with Gasteiger partial charge in [0.2, 0.25) is 0 Å². The summed E-state index contributed by atoms with van der Waals surface area (Å²) in [5, 5.41) is 1.57. The van der Waals surface area contributed by atoms with Gasteiger partial charge in [0.05, 0.1) is 0 Å². The minimum absolute atomic E-state index is 0.144. The molecule has 0 spiro atoms. The summed E-state index contributed by atoms with van der Waals surface area (Å²) in [7, 11) is -7.14. The van der Waals surface area contributed by atoms with Crippen LogP contribution < -0.4 is 9.44 Å². The molecule has 0 saturated carbocycles. The molecule has 0 aliphatic heterocycles. The van der Waals surface area contributed by atoms with Crippen LogP contribution in [0.1, 0.15) is 38.8 Å². The Kier molecular flexibility index (Phi) is 11.3. The molecule has 0 radical (unpaired) electrons. The molecule has 0 aromatic heterocycles. The van der Waals surface area contributed by atoms with E-state index in [0.29, 0.717) is 0 Å². The summed E-state index contributed by atoms with van der Waals surface area (Å²) in [5.74, 6) is 0.331. The molecule has 0 amide bonds. The number of nitrogens with one attached hydrogen (secondary N) is 2. The molecule has 0 saturated heterocycles. The number of benzene rings is 2. The van der Waals surface area contributed by atoms with E-state index in [0.717, 1.165) is 21.8 Å². The molecule has 0 aliphatic rings. The zero-order valence-electron chi connectivity index (χ0n) is 20.6. The van der Waals surface area contributed by atoms with Crippen LogP contribution in [0.2, 0.25) is 10.6 Å². The van der Waals surface area contributed by atoms with E-state index in [-0.39, 0.29) is 60.0 Å². The fourth-order valence-corrected chi connectivity index (χ4v) is 14.5. The van der Waals surface area contributed by atoms with Gasteiger partial charge in [-0.25, -0.2) is 0 Å². The number of rotatable bonds is 13. The Balaban J connectivity index is 1.95. The average Bonchev–Trinajstić information content (AvgIpc) is 2.75. The Labute approximate surface area is 217 Å². The van der Waals surface area contributed by atoms with E-state index in [2.05, 4.69) is 9.44 Å². The Bertz CT molecular complexity index is 1030. The van der Waals surface area contributed by atoms with Crippen LogP contribution in [0.5, 0.6) is 0 Å². The van der Waals surface area contributed by atoms with Crippen LogP contribution in [0.3, 0.4) is 0 Å². The molecule has 0 unspecified atom stereocenters. The molecule has 2 N–H and O–H groups in total. The fraction of sp³-hybridized carbons (Fsp3) is 0.500. The zero-order valence-corrected chi connectivity index (χ0v) is 25.7. The second kappa shape index (κ2) is 13.0. The molecule has 0 heterocycles. The maximum absolute atomic E-state index is 12.8. The van der Waals surface area contributed by atoms with Crippen molar-refractivity contribution in [1.82, 2.24) is 9.44 Å². The van der Waals surface area contributed by atoms with Crippen molar-refractivity contribution >= 4 is 46.3 Å². The standard InChI is InChI=1S/C24H36N2O4S2Se2/c1-17(2)23(25-31(27,28)21-11-7-19(5)8-12-21)15-33-34-16-24(18(3)4)26-32(29,30)22-13-9-20(6)10-14-22/h7-14,17-18,23-26H,15-16H2,1-6H3/t23-,24-/m1/s1. The first-order chi connectivity index (χ1) is 15.8. The van der Waals surface area contributed by atoms with E-state index in [1.165, 1.54) is 0 Å². The van der Waals surface area contributed by atoms with Crippen molar-refractivity contribution in [3.8, 4) is 0 Å². The molecule has 0 fully saturated rings. The third-order valence-corrected chi connectivity index (χ3v) is 15.7. The minimum atomic E-state index is -3.57. The molecule has 190 valence electrons. The first-order valence-electron chi connectivity index (χ1n) is 11.2. The van der Waals surface area contributed by atoms with E-state index in [4.69, 9.17) is 0 Å². The van der Waals surface area contributed by atoms with Gasteiger partial charge < -0.3 is 0 Å². The third kappa shape index (κ3) is 9.07. The van der Waals surface area contributed by atoms with Crippen LogP contribution in [0.4, 0.5) is 0 Å². The van der Waals surface area contributed by atoms with Gasteiger partial charge in [-0.1, -0.05) is 0 Å². The van der Waals surface area contributed by atoms with Crippen LogP contribution in [0, 0.1) is 25.7 Å². The van der Waals surface area contributed by atoms with Crippen molar-refractivity contribution in [1.29, 1.82) is 0 Å². The maximum atomic E-state index is 12.8. The predicted octanol–water partition coefficient (Wildman–Crippen LogP) is 3.77. The molecule has 2 rings (SSSR count). The Morgan fingerprint density at radius 2 is 0.912 bits per heavy atom. The van der Waals surface area contributed by atoms with Crippen molar-refractivity contribution in [2.24, 2.45) is 11.8 Å².